The van der Waals surface area contributed by atoms with Crippen LogP contribution in [0.2, 0.25) is 0 Å². The Balaban J connectivity index is 1.64. The fourth-order valence-corrected chi connectivity index (χ4v) is 4.78. The molecule has 0 saturated heterocycles. The summed E-state index contributed by atoms with van der Waals surface area (Å²) in [6.45, 7) is 6.27. The van der Waals surface area contributed by atoms with Crippen LogP contribution in [0.4, 0.5) is 0 Å². The normalized spacial score (nSPS) is 15.8. The van der Waals surface area contributed by atoms with Gasteiger partial charge in [0.25, 0.3) is 5.91 Å². The number of nitrogens with one attached hydrogen (secondary N) is 2. The van der Waals surface area contributed by atoms with Crippen LogP contribution in [0.5, 0.6) is 0 Å². The van der Waals surface area contributed by atoms with E-state index in [1.54, 1.807) is 42.9 Å². The van der Waals surface area contributed by atoms with Crippen molar-refractivity contribution in [3.05, 3.63) is 120 Å². The van der Waals surface area contributed by atoms with Gasteiger partial charge in [-0.05, 0) is 54.3 Å². The summed E-state index contributed by atoms with van der Waals surface area (Å²) in [4.78, 5) is 37.5. The molecule has 0 saturated carbocycles. The Morgan fingerprint density at radius 2 is 2.10 bits per heavy atom. The molecule has 0 aliphatic heterocycles. The van der Waals surface area contributed by atoms with Crippen LogP contribution in [0.1, 0.15) is 58.3 Å². The van der Waals surface area contributed by atoms with Crippen molar-refractivity contribution in [2.45, 2.75) is 32.2 Å². The Morgan fingerprint density at radius 3 is 2.77 bits per heavy atom. The molecule has 1 aliphatic carbocycles. The van der Waals surface area contributed by atoms with E-state index in [2.05, 4.69) is 45.9 Å². The van der Waals surface area contributed by atoms with Gasteiger partial charge in [0.1, 0.15) is 5.82 Å². The van der Waals surface area contributed by atoms with E-state index in [1.807, 2.05) is 24.3 Å². The zero-order chi connectivity index (χ0) is 28.5. The Kier molecular flexibility index (Phi) is 9.65. The number of aromatic nitrogens is 3. The van der Waals surface area contributed by atoms with Crippen molar-refractivity contribution in [1.29, 1.82) is 0 Å². The Bertz CT molecular complexity index is 1500. The highest BCUT2D eigenvalue weighted by Crippen LogP contribution is 2.32. The summed E-state index contributed by atoms with van der Waals surface area (Å²) in [5.74, 6) is -0.804. The van der Waals surface area contributed by atoms with Crippen molar-refractivity contribution in [3.8, 4) is 11.3 Å². The van der Waals surface area contributed by atoms with Gasteiger partial charge < -0.3 is 15.4 Å². The highest BCUT2D eigenvalue weighted by molar-refractivity contribution is 6.25. The van der Waals surface area contributed by atoms with Gasteiger partial charge in [-0.1, -0.05) is 68.0 Å². The van der Waals surface area contributed by atoms with Gasteiger partial charge in [-0.15, -0.1) is 0 Å². The number of rotatable bonds is 11. The fraction of sp³-hybridized carbons (Fsp3) is 0.188. The number of pyridine rings is 1. The minimum Gasteiger partial charge on any atom is -0.478 e. The number of carboxylic acid groups (broad SMARTS) is 1. The van der Waals surface area contributed by atoms with E-state index in [9.17, 15) is 14.7 Å². The van der Waals surface area contributed by atoms with Crippen LogP contribution >= 0.6 is 11.6 Å². The maximum Gasteiger partial charge on any atom is 0.336 e. The summed E-state index contributed by atoms with van der Waals surface area (Å²) in [5.41, 5.74) is 4.49. The second-order valence-electron chi connectivity index (χ2n) is 9.41. The number of allylic oxidation sites excluding steroid dienone is 7. The zero-order valence-corrected chi connectivity index (χ0v) is 22.9. The lowest BCUT2D eigenvalue weighted by molar-refractivity contribution is 0.0696. The number of imidazole rings is 1. The number of carbonyl (C=O) groups is 2. The number of amides is 1. The first kappa shape index (κ1) is 28.5. The lowest BCUT2D eigenvalue weighted by atomic mass is 9.89. The predicted molar refractivity (Wildman–Crippen MR) is 160 cm³/mol. The first-order valence-corrected chi connectivity index (χ1v) is 13.5. The van der Waals surface area contributed by atoms with E-state index in [4.69, 9.17) is 11.6 Å². The van der Waals surface area contributed by atoms with Crippen molar-refractivity contribution < 1.29 is 14.7 Å². The monoisotopic (exact) mass is 554 g/mol. The average Bonchev–Trinajstić information content (AvgIpc) is 3.47. The van der Waals surface area contributed by atoms with E-state index in [-0.39, 0.29) is 29.0 Å². The summed E-state index contributed by atoms with van der Waals surface area (Å²) in [7, 11) is 0. The van der Waals surface area contributed by atoms with Crippen LogP contribution in [-0.4, -0.2) is 38.0 Å². The van der Waals surface area contributed by atoms with E-state index >= 15 is 0 Å². The molecule has 0 bridgehead atoms. The first-order valence-electron chi connectivity index (χ1n) is 13.1. The van der Waals surface area contributed by atoms with Crippen LogP contribution in [0, 0.1) is 5.92 Å². The molecule has 2 atom stereocenters. The van der Waals surface area contributed by atoms with E-state index in [0.29, 0.717) is 22.5 Å². The third-order valence-electron chi connectivity index (χ3n) is 6.75. The molecule has 4 rings (SSSR count). The van der Waals surface area contributed by atoms with Crippen molar-refractivity contribution in [2.75, 3.05) is 0 Å². The minimum absolute atomic E-state index is 0.0371. The second-order valence-corrected chi connectivity index (χ2v) is 9.66. The van der Waals surface area contributed by atoms with Crippen molar-refractivity contribution in [1.82, 2.24) is 20.3 Å². The highest BCUT2D eigenvalue weighted by atomic mass is 35.5. The number of halogens is 1. The molecule has 1 amide bonds. The standard InChI is InChI=1S/C32H31ClN4O3/c1-3-9-28(22-10-5-4-6-11-22)37-31(38)23-14-15-25(27(18-23)32(39)40)21(2)26(13-7-16-33)30-35-20-29(36-30)24-12-8-17-34-19-24/h4-8,10,12-20,22,28H,2-3,9,11H2,1H3,(H,35,36)(H,37,38)(H,39,40)/b16-7-,26-13+/t22?,28-/m1/s1. The van der Waals surface area contributed by atoms with E-state index in [1.165, 1.54) is 11.6 Å². The molecule has 204 valence electrons. The first-order chi connectivity index (χ1) is 19.4. The molecule has 3 aromatic rings. The number of aromatic amines is 1. The lowest BCUT2D eigenvalue weighted by Crippen LogP contribution is -2.40. The summed E-state index contributed by atoms with van der Waals surface area (Å²) < 4.78 is 0. The quantitative estimate of drug-likeness (QED) is 0.220. The molecule has 1 aromatic carbocycles. The summed E-state index contributed by atoms with van der Waals surface area (Å²) in [5, 5.41) is 13.2. The number of nitrogens with zero attached hydrogens (tertiary/aromatic N) is 2. The average molecular weight is 555 g/mol. The zero-order valence-electron chi connectivity index (χ0n) is 22.2. The molecular formula is C32H31ClN4O3. The number of carboxylic acids is 1. The molecule has 40 heavy (non-hydrogen) atoms. The Hall–Kier alpha value is -4.49. The number of hydrogen-bond acceptors (Lipinski definition) is 4. The topological polar surface area (TPSA) is 108 Å². The van der Waals surface area contributed by atoms with Crippen LogP contribution < -0.4 is 5.32 Å². The Morgan fingerprint density at radius 1 is 1.25 bits per heavy atom. The minimum atomic E-state index is -1.17. The maximum atomic E-state index is 13.2. The van der Waals surface area contributed by atoms with E-state index < -0.39 is 5.97 Å². The largest absolute Gasteiger partial charge is 0.478 e. The Labute approximate surface area is 238 Å². The van der Waals surface area contributed by atoms with Gasteiger partial charge in [0.2, 0.25) is 0 Å². The van der Waals surface area contributed by atoms with Gasteiger partial charge in [0, 0.05) is 46.6 Å². The fourth-order valence-electron chi connectivity index (χ4n) is 4.71. The summed E-state index contributed by atoms with van der Waals surface area (Å²) >= 11 is 5.80. The van der Waals surface area contributed by atoms with Crippen molar-refractivity contribution in [3.63, 3.8) is 0 Å². The molecule has 2 aromatic heterocycles. The van der Waals surface area contributed by atoms with Crippen molar-refractivity contribution in [2.24, 2.45) is 5.92 Å². The van der Waals surface area contributed by atoms with Crippen molar-refractivity contribution >= 4 is 34.6 Å². The number of carbonyl (C=O) groups excluding carboxylic acids is 1. The van der Waals surface area contributed by atoms with Gasteiger partial charge >= 0.3 is 5.97 Å². The lowest BCUT2D eigenvalue weighted by Gasteiger charge is -2.26. The second kappa shape index (κ2) is 13.5. The highest BCUT2D eigenvalue weighted by Gasteiger charge is 2.24. The number of benzene rings is 1. The van der Waals surface area contributed by atoms with Gasteiger partial charge in [-0.25, -0.2) is 9.78 Å². The third-order valence-corrected chi connectivity index (χ3v) is 6.89. The van der Waals surface area contributed by atoms with Crippen LogP contribution in [0.3, 0.4) is 0 Å². The van der Waals surface area contributed by atoms with E-state index in [0.717, 1.165) is 30.5 Å². The number of H-pyrrole nitrogens is 1. The molecule has 8 heteroatoms. The summed E-state index contributed by atoms with van der Waals surface area (Å²) in [6.07, 6.45) is 19.2. The van der Waals surface area contributed by atoms with Gasteiger partial charge in [-0.3, -0.25) is 9.78 Å². The molecule has 3 N–H and O–H groups in total. The maximum absolute atomic E-state index is 13.2. The predicted octanol–water partition coefficient (Wildman–Crippen LogP) is 7.05. The molecule has 1 unspecified atom stereocenters. The molecule has 7 nitrogen and oxygen atoms in total. The number of aromatic carboxylic acids is 1. The van der Waals surface area contributed by atoms with Crippen LogP contribution in [0.25, 0.3) is 22.4 Å². The molecule has 1 aliphatic rings. The molecule has 0 radical (unpaired) electrons. The van der Waals surface area contributed by atoms with Gasteiger partial charge in [0.15, 0.2) is 0 Å². The van der Waals surface area contributed by atoms with Gasteiger partial charge in [0.05, 0.1) is 17.5 Å². The SMILES string of the molecule is C=C(/C(=C\C=C/Cl)c1ncc(-c2cccnc2)[nH]1)c1ccc(C(=O)N[C@H](CCC)C2C=CC=CC2)cc1C(=O)O. The molecule has 2 heterocycles. The summed E-state index contributed by atoms with van der Waals surface area (Å²) in [6, 6.07) is 8.32. The number of hydrogen-bond donors (Lipinski definition) is 3. The molecule has 0 spiro atoms. The van der Waals surface area contributed by atoms with Gasteiger partial charge in [-0.2, -0.15) is 0 Å². The smallest absolute Gasteiger partial charge is 0.336 e. The molecule has 0 fully saturated rings. The van der Waals surface area contributed by atoms with Crippen LogP contribution in [0.15, 0.2) is 97.5 Å². The third kappa shape index (κ3) is 6.74. The molecular weight excluding hydrogens is 524 g/mol. The van der Waals surface area contributed by atoms with Crippen LogP contribution in [-0.2, 0) is 0 Å².